The highest BCUT2D eigenvalue weighted by Gasteiger charge is 2.23. The molecule has 0 unspecified atom stereocenters. The maximum atomic E-state index is 6.01. The lowest BCUT2D eigenvalue weighted by Gasteiger charge is -2.07. The van der Waals surface area contributed by atoms with Crippen LogP contribution >= 0.6 is 0 Å². The van der Waals surface area contributed by atoms with Gasteiger partial charge in [-0.15, -0.1) is 0 Å². The van der Waals surface area contributed by atoms with Crippen LogP contribution in [-0.4, -0.2) is 12.1 Å². The summed E-state index contributed by atoms with van der Waals surface area (Å²) in [6.45, 7) is 0.580. The van der Waals surface area contributed by atoms with Gasteiger partial charge in [0.2, 0.25) is 0 Å². The van der Waals surface area contributed by atoms with E-state index in [-0.39, 0.29) is 0 Å². The lowest BCUT2D eigenvalue weighted by atomic mass is 10.1. The summed E-state index contributed by atoms with van der Waals surface area (Å²) < 4.78 is 11.4. The highest BCUT2D eigenvalue weighted by atomic mass is 16.5. The Labute approximate surface area is 152 Å². The van der Waals surface area contributed by atoms with Crippen molar-refractivity contribution in [3.8, 4) is 22.8 Å². The third-order valence-electron chi connectivity index (χ3n) is 5.07. The molecule has 1 N–H and O–H groups in total. The molecule has 0 bridgehead atoms. The van der Waals surface area contributed by atoms with E-state index < -0.39 is 0 Å². The number of rotatable bonds is 4. The van der Waals surface area contributed by atoms with Crippen LogP contribution in [0.4, 0.5) is 0 Å². The van der Waals surface area contributed by atoms with E-state index in [2.05, 4.69) is 41.4 Å². The molecule has 5 rings (SSSR count). The van der Waals surface area contributed by atoms with E-state index in [0.29, 0.717) is 6.61 Å². The van der Waals surface area contributed by atoms with Gasteiger partial charge in [0.15, 0.2) is 0 Å². The molecule has 4 aromatic rings. The number of benzene rings is 3. The van der Waals surface area contributed by atoms with Gasteiger partial charge in [-0.25, -0.2) is 0 Å². The Morgan fingerprint density at radius 3 is 2.62 bits per heavy atom. The Bertz CT molecular complexity index is 1100. The van der Waals surface area contributed by atoms with E-state index in [1.807, 2.05) is 30.3 Å². The van der Waals surface area contributed by atoms with Crippen molar-refractivity contribution in [2.24, 2.45) is 0 Å². The number of aromatic amines is 1. The summed E-state index contributed by atoms with van der Waals surface area (Å²) in [5, 5.41) is 1.24. The smallest absolute Gasteiger partial charge is 0.120 e. The lowest BCUT2D eigenvalue weighted by Crippen LogP contribution is -1.94. The minimum absolute atomic E-state index is 0.580. The minimum atomic E-state index is 0.580. The zero-order valence-electron chi connectivity index (χ0n) is 14.6. The average Bonchev–Trinajstić information content (AvgIpc) is 3.22. The first kappa shape index (κ1) is 15.1. The Morgan fingerprint density at radius 1 is 0.923 bits per heavy atom. The zero-order valence-corrected chi connectivity index (χ0v) is 14.6. The van der Waals surface area contributed by atoms with Gasteiger partial charge >= 0.3 is 0 Å². The van der Waals surface area contributed by atoms with Gasteiger partial charge in [0.05, 0.1) is 12.8 Å². The molecule has 1 aliphatic carbocycles. The molecule has 0 spiro atoms. The second kappa shape index (κ2) is 5.95. The third kappa shape index (κ3) is 2.44. The van der Waals surface area contributed by atoms with Gasteiger partial charge in [-0.1, -0.05) is 30.3 Å². The standard InChI is InChI=1S/C23H19NO2/c1-25-17-7-9-19-16(11-17)12-21-20-13-18(8-10-22(20)24-23(19)21)26-14-15-5-3-2-4-6-15/h2-11,13,24H,12,14H2,1H3. The van der Waals surface area contributed by atoms with Gasteiger partial charge in [0, 0.05) is 22.9 Å². The molecule has 3 aromatic carbocycles. The van der Waals surface area contributed by atoms with E-state index in [1.165, 1.54) is 33.3 Å². The molecule has 0 atom stereocenters. The van der Waals surface area contributed by atoms with Crippen LogP contribution in [0.3, 0.4) is 0 Å². The number of nitrogens with one attached hydrogen (secondary N) is 1. The van der Waals surface area contributed by atoms with Crippen molar-refractivity contribution in [3.05, 3.63) is 83.4 Å². The number of ether oxygens (including phenoxy) is 2. The van der Waals surface area contributed by atoms with Crippen molar-refractivity contribution >= 4 is 10.9 Å². The second-order valence-electron chi connectivity index (χ2n) is 6.66. The predicted octanol–water partition coefficient (Wildman–Crippen LogP) is 5.33. The molecular weight excluding hydrogens is 322 g/mol. The fraction of sp³-hybridized carbons (Fsp3) is 0.130. The van der Waals surface area contributed by atoms with E-state index in [1.54, 1.807) is 7.11 Å². The Morgan fingerprint density at radius 2 is 1.77 bits per heavy atom. The van der Waals surface area contributed by atoms with Crippen molar-refractivity contribution in [3.63, 3.8) is 0 Å². The van der Waals surface area contributed by atoms with Crippen LogP contribution in [-0.2, 0) is 13.0 Å². The van der Waals surface area contributed by atoms with Crippen LogP contribution in [0.1, 0.15) is 16.7 Å². The number of H-pyrrole nitrogens is 1. The van der Waals surface area contributed by atoms with Crippen LogP contribution < -0.4 is 9.47 Å². The molecule has 0 saturated heterocycles. The van der Waals surface area contributed by atoms with Crippen molar-refractivity contribution in [1.82, 2.24) is 4.98 Å². The summed E-state index contributed by atoms with van der Waals surface area (Å²) in [6.07, 6.45) is 0.921. The summed E-state index contributed by atoms with van der Waals surface area (Å²) in [6, 6.07) is 22.8. The van der Waals surface area contributed by atoms with Crippen molar-refractivity contribution in [2.45, 2.75) is 13.0 Å². The number of hydrogen-bond acceptors (Lipinski definition) is 2. The third-order valence-corrected chi connectivity index (χ3v) is 5.07. The molecule has 0 aliphatic heterocycles. The molecule has 0 saturated carbocycles. The van der Waals surface area contributed by atoms with Gasteiger partial charge in [-0.3, -0.25) is 0 Å². The van der Waals surface area contributed by atoms with Gasteiger partial charge in [0.25, 0.3) is 0 Å². The van der Waals surface area contributed by atoms with Crippen LogP contribution in [0.2, 0.25) is 0 Å². The van der Waals surface area contributed by atoms with Crippen LogP contribution in [0.15, 0.2) is 66.7 Å². The maximum absolute atomic E-state index is 6.01. The van der Waals surface area contributed by atoms with Crippen molar-refractivity contribution in [1.29, 1.82) is 0 Å². The first-order valence-electron chi connectivity index (χ1n) is 8.80. The minimum Gasteiger partial charge on any atom is -0.497 e. The Kier molecular flexibility index (Phi) is 3.45. The SMILES string of the molecule is COc1ccc2c(c1)Cc1c-2[nH]c2ccc(OCc3ccccc3)cc12. The molecular formula is C23H19NO2. The fourth-order valence-electron chi connectivity index (χ4n) is 3.75. The number of fused-ring (bicyclic) bond motifs is 5. The molecule has 3 heteroatoms. The summed E-state index contributed by atoms with van der Waals surface area (Å²) in [4.78, 5) is 3.57. The average molecular weight is 341 g/mol. The summed E-state index contributed by atoms with van der Waals surface area (Å²) >= 11 is 0. The number of methoxy groups -OCH3 is 1. The van der Waals surface area contributed by atoms with E-state index in [9.17, 15) is 0 Å². The van der Waals surface area contributed by atoms with Crippen LogP contribution in [0.5, 0.6) is 11.5 Å². The molecule has 3 nitrogen and oxygen atoms in total. The summed E-state index contributed by atoms with van der Waals surface area (Å²) in [5.74, 6) is 1.81. The molecule has 0 radical (unpaired) electrons. The molecule has 26 heavy (non-hydrogen) atoms. The zero-order chi connectivity index (χ0) is 17.5. The van der Waals surface area contributed by atoms with Gasteiger partial charge in [0.1, 0.15) is 18.1 Å². The van der Waals surface area contributed by atoms with E-state index in [4.69, 9.17) is 9.47 Å². The van der Waals surface area contributed by atoms with Gasteiger partial charge in [-0.2, -0.15) is 0 Å². The first-order valence-corrected chi connectivity index (χ1v) is 8.80. The topological polar surface area (TPSA) is 34.2 Å². The second-order valence-corrected chi connectivity index (χ2v) is 6.66. The maximum Gasteiger partial charge on any atom is 0.120 e. The number of aromatic nitrogens is 1. The van der Waals surface area contributed by atoms with Crippen molar-refractivity contribution < 1.29 is 9.47 Å². The monoisotopic (exact) mass is 341 g/mol. The molecule has 128 valence electrons. The summed E-state index contributed by atoms with van der Waals surface area (Å²) in [7, 11) is 1.71. The number of hydrogen-bond donors (Lipinski definition) is 1. The lowest BCUT2D eigenvalue weighted by molar-refractivity contribution is 0.306. The van der Waals surface area contributed by atoms with Gasteiger partial charge < -0.3 is 14.5 Å². The van der Waals surface area contributed by atoms with E-state index >= 15 is 0 Å². The Balaban J connectivity index is 1.48. The highest BCUT2D eigenvalue weighted by Crippen LogP contribution is 2.42. The molecule has 0 amide bonds. The molecule has 1 aliphatic rings. The summed E-state index contributed by atoms with van der Waals surface area (Å²) in [5.41, 5.74) is 7.47. The first-order chi connectivity index (χ1) is 12.8. The Hall–Kier alpha value is -3.20. The van der Waals surface area contributed by atoms with Crippen LogP contribution in [0, 0.1) is 0 Å². The van der Waals surface area contributed by atoms with Gasteiger partial charge in [-0.05, 0) is 53.1 Å². The normalized spacial score (nSPS) is 12.0. The van der Waals surface area contributed by atoms with E-state index in [0.717, 1.165) is 23.4 Å². The van der Waals surface area contributed by atoms with Crippen LogP contribution in [0.25, 0.3) is 22.2 Å². The molecule has 0 fully saturated rings. The quantitative estimate of drug-likeness (QED) is 0.479. The predicted molar refractivity (Wildman–Crippen MR) is 104 cm³/mol. The fourth-order valence-corrected chi connectivity index (χ4v) is 3.75. The van der Waals surface area contributed by atoms with Crippen molar-refractivity contribution in [2.75, 3.05) is 7.11 Å². The largest absolute Gasteiger partial charge is 0.497 e. The molecule has 1 aromatic heterocycles. The highest BCUT2D eigenvalue weighted by molar-refractivity contribution is 5.95. The molecule has 1 heterocycles.